The van der Waals surface area contributed by atoms with E-state index in [1.807, 2.05) is 31.2 Å². The summed E-state index contributed by atoms with van der Waals surface area (Å²) in [5.41, 5.74) is 3.31. The Kier molecular flexibility index (Phi) is 1.19. The van der Waals surface area contributed by atoms with E-state index >= 15 is 0 Å². The first-order valence-electron chi connectivity index (χ1n) is 3.60. The van der Waals surface area contributed by atoms with Crippen LogP contribution in [0.25, 0.3) is 11.1 Å². The maximum absolute atomic E-state index is 10.7. The fourth-order valence-corrected chi connectivity index (χ4v) is 1.05. The van der Waals surface area contributed by atoms with Crippen LogP contribution in [0.4, 0.5) is 0 Å². The molecule has 0 aliphatic rings. The molecule has 0 aromatic heterocycles. The average molecular weight is 144 g/mol. The van der Waals surface area contributed by atoms with E-state index < -0.39 is 0 Å². The summed E-state index contributed by atoms with van der Waals surface area (Å²) in [5.74, 6) is 0. The summed E-state index contributed by atoms with van der Waals surface area (Å²) < 4.78 is 0. The topological polar surface area (TPSA) is 17.1 Å². The van der Waals surface area contributed by atoms with Gasteiger partial charge in [0, 0.05) is 5.56 Å². The normalized spacial score (nSPS) is 10.6. The van der Waals surface area contributed by atoms with Gasteiger partial charge in [0.1, 0.15) is 0 Å². The highest BCUT2D eigenvalue weighted by Crippen LogP contribution is 2.18. The molecular formula is C10H8O. The molecule has 0 saturated carbocycles. The third-order valence-corrected chi connectivity index (χ3v) is 1.82. The third-order valence-electron chi connectivity index (χ3n) is 1.82. The lowest BCUT2D eigenvalue weighted by atomic mass is 10.1. The highest BCUT2D eigenvalue weighted by atomic mass is 16.1. The monoisotopic (exact) mass is 144 g/mol. The molecule has 0 radical (unpaired) electrons. The van der Waals surface area contributed by atoms with E-state index in [0.29, 0.717) is 0 Å². The van der Waals surface area contributed by atoms with E-state index in [4.69, 9.17) is 0 Å². The van der Waals surface area contributed by atoms with Gasteiger partial charge in [-0.25, -0.2) is 0 Å². The molecule has 1 nitrogen and oxygen atoms in total. The van der Waals surface area contributed by atoms with Crippen molar-refractivity contribution in [2.45, 2.75) is 6.92 Å². The van der Waals surface area contributed by atoms with Crippen molar-refractivity contribution < 1.29 is 0 Å². The van der Waals surface area contributed by atoms with Gasteiger partial charge in [-0.1, -0.05) is 29.8 Å². The minimum absolute atomic E-state index is 0.175. The van der Waals surface area contributed by atoms with Crippen LogP contribution in [0.2, 0.25) is 0 Å². The van der Waals surface area contributed by atoms with Gasteiger partial charge in [0.2, 0.25) is 0 Å². The zero-order valence-electron chi connectivity index (χ0n) is 6.29. The Morgan fingerprint density at radius 1 is 1.09 bits per heavy atom. The summed E-state index contributed by atoms with van der Waals surface area (Å²) in [6.07, 6.45) is 0. The van der Waals surface area contributed by atoms with Crippen LogP contribution in [0.1, 0.15) is 5.56 Å². The van der Waals surface area contributed by atoms with Crippen LogP contribution in [-0.2, 0) is 0 Å². The minimum atomic E-state index is 0.175. The van der Waals surface area contributed by atoms with Gasteiger partial charge in [0.05, 0.1) is 0 Å². The van der Waals surface area contributed by atoms with E-state index in [1.165, 1.54) is 5.56 Å². The SMILES string of the molecule is Cc1ccc(-c2cc2=O)cc1. The van der Waals surface area contributed by atoms with Crippen LogP contribution in [0.5, 0.6) is 0 Å². The van der Waals surface area contributed by atoms with Crippen molar-refractivity contribution >= 4 is 0 Å². The van der Waals surface area contributed by atoms with Crippen molar-refractivity contribution in [2.75, 3.05) is 0 Å². The first kappa shape index (κ1) is 6.35. The molecule has 0 aliphatic heterocycles. The van der Waals surface area contributed by atoms with Gasteiger partial charge in [-0.15, -0.1) is 0 Å². The van der Waals surface area contributed by atoms with Crippen molar-refractivity contribution in [3.8, 4) is 11.1 Å². The smallest absolute Gasteiger partial charge is 0.187 e. The Bertz CT molecular complexity index is 375. The first-order chi connectivity index (χ1) is 5.27. The lowest BCUT2D eigenvalue weighted by molar-refractivity contribution is 1.48. The average Bonchev–Trinajstić information content (AvgIpc) is 2.69. The van der Waals surface area contributed by atoms with Crippen LogP contribution >= 0.6 is 0 Å². The predicted octanol–water partition coefficient (Wildman–Crippen LogP) is 1.90. The Hall–Kier alpha value is -1.37. The lowest BCUT2D eigenvalue weighted by Crippen LogP contribution is -1.77. The van der Waals surface area contributed by atoms with Crippen molar-refractivity contribution in [1.82, 2.24) is 0 Å². The van der Waals surface area contributed by atoms with Gasteiger partial charge in [0.25, 0.3) is 0 Å². The zero-order chi connectivity index (χ0) is 7.84. The third kappa shape index (κ3) is 1.09. The summed E-state index contributed by atoms with van der Waals surface area (Å²) >= 11 is 0. The molecule has 0 heterocycles. The number of hydrogen-bond donors (Lipinski definition) is 0. The van der Waals surface area contributed by atoms with Crippen molar-refractivity contribution in [3.05, 3.63) is 46.1 Å². The second-order valence-electron chi connectivity index (χ2n) is 2.79. The fourth-order valence-electron chi connectivity index (χ4n) is 1.05. The second kappa shape index (κ2) is 2.06. The molecule has 1 heteroatoms. The molecule has 0 unspecified atom stereocenters. The van der Waals surface area contributed by atoms with Crippen molar-refractivity contribution in [1.29, 1.82) is 0 Å². The highest BCUT2D eigenvalue weighted by molar-refractivity contribution is 5.69. The summed E-state index contributed by atoms with van der Waals surface area (Å²) in [4.78, 5) is 10.7. The maximum atomic E-state index is 10.7. The molecule has 2 rings (SSSR count). The molecule has 0 fully saturated rings. The van der Waals surface area contributed by atoms with E-state index in [9.17, 15) is 4.79 Å². The van der Waals surface area contributed by atoms with E-state index in [2.05, 4.69) is 0 Å². The quantitative estimate of drug-likeness (QED) is 0.597. The maximum Gasteiger partial charge on any atom is 0.187 e. The Labute approximate surface area is 65.0 Å². The molecule has 0 bridgehead atoms. The Balaban J connectivity index is 2.43. The highest BCUT2D eigenvalue weighted by Gasteiger charge is 2.09. The molecular weight excluding hydrogens is 136 g/mol. The second-order valence-corrected chi connectivity index (χ2v) is 2.79. The summed E-state index contributed by atoms with van der Waals surface area (Å²) in [5, 5.41) is 0. The van der Waals surface area contributed by atoms with E-state index in [1.54, 1.807) is 6.07 Å². The van der Waals surface area contributed by atoms with Gasteiger partial charge >= 0.3 is 0 Å². The van der Waals surface area contributed by atoms with Crippen molar-refractivity contribution in [2.24, 2.45) is 0 Å². The molecule has 0 saturated heterocycles. The van der Waals surface area contributed by atoms with Crippen LogP contribution < -0.4 is 5.43 Å². The van der Waals surface area contributed by atoms with Gasteiger partial charge in [-0.2, -0.15) is 0 Å². The molecule has 2 aromatic carbocycles. The summed E-state index contributed by atoms with van der Waals surface area (Å²) in [7, 11) is 0. The fraction of sp³-hybridized carbons (Fsp3) is 0.100. The molecule has 0 atom stereocenters. The van der Waals surface area contributed by atoms with Gasteiger partial charge in [-0.05, 0) is 18.6 Å². The molecule has 0 amide bonds. The number of hydrogen-bond acceptors (Lipinski definition) is 1. The summed E-state index contributed by atoms with van der Waals surface area (Å²) in [6.45, 7) is 2.03. The largest absolute Gasteiger partial charge is 0.289 e. The molecule has 2 aromatic rings. The van der Waals surface area contributed by atoms with Gasteiger partial charge in [-0.3, -0.25) is 4.79 Å². The Morgan fingerprint density at radius 2 is 1.64 bits per heavy atom. The molecule has 11 heavy (non-hydrogen) atoms. The molecule has 0 N–H and O–H groups in total. The van der Waals surface area contributed by atoms with Gasteiger partial charge < -0.3 is 0 Å². The number of aryl methyl sites for hydroxylation is 1. The van der Waals surface area contributed by atoms with Crippen LogP contribution in [0, 0.1) is 6.92 Å². The predicted molar refractivity (Wildman–Crippen MR) is 45.3 cm³/mol. The van der Waals surface area contributed by atoms with E-state index in [0.717, 1.165) is 11.1 Å². The van der Waals surface area contributed by atoms with Crippen LogP contribution in [-0.4, -0.2) is 0 Å². The standard InChI is InChI=1S/C10H8O/c1-7-2-4-8(5-3-7)9-6-10(9)11/h2-6H,1H3. The summed E-state index contributed by atoms with van der Waals surface area (Å²) in [6, 6.07) is 9.65. The molecule has 0 spiro atoms. The van der Waals surface area contributed by atoms with Crippen LogP contribution in [0.3, 0.4) is 0 Å². The Morgan fingerprint density at radius 3 is 2.09 bits per heavy atom. The first-order valence-corrected chi connectivity index (χ1v) is 3.60. The minimum Gasteiger partial charge on any atom is -0.289 e. The van der Waals surface area contributed by atoms with E-state index in [-0.39, 0.29) is 5.43 Å². The zero-order valence-corrected chi connectivity index (χ0v) is 6.29. The molecule has 54 valence electrons. The number of benzene rings is 1. The van der Waals surface area contributed by atoms with Gasteiger partial charge in [0.15, 0.2) is 5.43 Å². The number of rotatable bonds is 1. The lowest BCUT2D eigenvalue weighted by Gasteiger charge is -1.92. The van der Waals surface area contributed by atoms with Crippen molar-refractivity contribution in [3.63, 3.8) is 0 Å². The molecule has 0 aliphatic carbocycles. The van der Waals surface area contributed by atoms with Crippen LogP contribution in [0.15, 0.2) is 35.1 Å².